The Morgan fingerprint density at radius 3 is 2.27 bits per heavy atom. The number of rotatable bonds is 11. The van der Waals surface area contributed by atoms with Gasteiger partial charge in [0.15, 0.2) is 5.78 Å². The summed E-state index contributed by atoms with van der Waals surface area (Å²) in [6.45, 7) is 16.6. The number of carbonyl (C=O) groups is 3. The predicted octanol–water partition coefficient (Wildman–Crippen LogP) is 9.09. The van der Waals surface area contributed by atoms with E-state index in [1.807, 2.05) is 0 Å². The number of fused-ring (bicyclic) bond motifs is 1. The average molecular weight is 509 g/mol. The highest BCUT2D eigenvalue weighted by molar-refractivity contribution is 6.01. The van der Waals surface area contributed by atoms with Crippen LogP contribution in [0.25, 0.3) is 0 Å². The normalized spacial score (nSPS) is 20.3. The van der Waals surface area contributed by atoms with Crippen molar-refractivity contribution in [3.8, 4) is 0 Å². The maximum atomic E-state index is 13.6. The lowest BCUT2D eigenvalue weighted by Gasteiger charge is -2.34. The fourth-order valence-corrected chi connectivity index (χ4v) is 6.64. The van der Waals surface area contributed by atoms with E-state index in [0.29, 0.717) is 18.3 Å². The molecule has 1 aromatic rings. The summed E-state index contributed by atoms with van der Waals surface area (Å²) in [5.41, 5.74) is 6.11. The molecule has 0 saturated carbocycles. The van der Waals surface area contributed by atoms with Crippen LogP contribution in [0.5, 0.6) is 0 Å². The minimum atomic E-state index is -0.0804. The van der Waals surface area contributed by atoms with Crippen LogP contribution in [0.3, 0.4) is 0 Å². The first-order valence-corrected chi connectivity index (χ1v) is 15.0. The molecule has 0 saturated heterocycles. The molecule has 0 radical (unpaired) electrons. The van der Waals surface area contributed by atoms with Crippen molar-refractivity contribution in [3.63, 3.8) is 0 Å². The molecule has 0 amide bonds. The molecular formula is C34H52O3. The van der Waals surface area contributed by atoms with Gasteiger partial charge in [0, 0.05) is 23.8 Å². The number of hydrogen-bond donors (Lipinski definition) is 0. The third-order valence-electron chi connectivity index (χ3n) is 8.19. The molecule has 0 heterocycles. The zero-order valence-electron chi connectivity index (χ0n) is 24.9. The molecule has 37 heavy (non-hydrogen) atoms. The Balaban J connectivity index is 0.00000153. The van der Waals surface area contributed by atoms with Gasteiger partial charge in [0.2, 0.25) is 0 Å². The van der Waals surface area contributed by atoms with Gasteiger partial charge in [0.05, 0.1) is 6.42 Å². The molecule has 0 aliphatic heterocycles. The summed E-state index contributed by atoms with van der Waals surface area (Å²) in [7, 11) is 0. The highest BCUT2D eigenvalue weighted by atomic mass is 16.1. The summed E-state index contributed by atoms with van der Waals surface area (Å²) in [6, 6.07) is 2.39. The first kappa shape index (κ1) is 31.2. The van der Waals surface area contributed by atoms with Crippen LogP contribution in [0.4, 0.5) is 0 Å². The lowest BCUT2D eigenvalue weighted by molar-refractivity contribution is -0.129. The molecule has 0 N–H and O–H groups in total. The van der Waals surface area contributed by atoms with Crippen LogP contribution in [0.2, 0.25) is 0 Å². The molecule has 2 aliphatic rings. The number of carbonyl (C=O) groups excluding carboxylic acids is 3. The standard InChI is InChI=1S/C31H44O3.C3H8/c1-7-11-24(25(8-2)29(33)14-20(5)32)15-22-16-28-26(19(3)4)18-27(23-12-9-10-13-23)21(6)31(28)30(34)17-22;1-3-2/h9,12,18-19,22-25H,7-8,10-11,13-17H2,1-6H3;3H2,1-2H3. The molecule has 0 bridgehead atoms. The van der Waals surface area contributed by atoms with Gasteiger partial charge < -0.3 is 0 Å². The fraction of sp³-hybridized carbons (Fsp3) is 0.676. The molecule has 3 rings (SSSR count). The Morgan fingerprint density at radius 1 is 1.08 bits per heavy atom. The van der Waals surface area contributed by atoms with Crippen molar-refractivity contribution in [1.29, 1.82) is 0 Å². The molecule has 3 heteroatoms. The topological polar surface area (TPSA) is 51.2 Å². The van der Waals surface area contributed by atoms with Gasteiger partial charge in [-0.25, -0.2) is 0 Å². The summed E-state index contributed by atoms with van der Waals surface area (Å²) < 4.78 is 0. The first-order valence-electron chi connectivity index (χ1n) is 15.0. The zero-order valence-corrected chi connectivity index (χ0v) is 24.9. The summed E-state index contributed by atoms with van der Waals surface area (Å²) in [6.07, 6.45) is 13.3. The van der Waals surface area contributed by atoms with Crippen LogP contribution in [0.15, 0.2) is 18.2 Å². The second kappa shape index (κ2) is 14.8. The van der Waals surface area contributed by atoms with Crippen molar-refractivity contribution in [2.45, 2.75) is 131 Å². The van der Waals surface area contributed by atoms with Crippen LogP contribution < -0.4 is 0 Å². The molecule has 4 atom stereocenters. The number of allylic oxidation sites excluding steroid dienone is 2. The number of ketones is 3. The molecular weight excluding hydrogens is 456 g/mol. The van der Waals surface area contributed by atoms with Gasteiger partial charge in [-0.15, -0.1) is 0 Å². The van der Waals surface area contributed by atoms with E-state index in [-0.39, 0.29) is 41.5 Å². The first-order chi connectivity index (χ1) is 17.6. The largest absolute Gasteiger partial charge is 0.300 e. The van der Waals surface area contributed by atoms with Crippen molar-refractivity contribution >= 4 is 17.3 Å². The lowest BCUT2D eigenvalue weighted by atomic mass is 9.70. The van der Waals surface area contributed by atoms with Crippen LogP contribution in [-0.2, 0) is 16.0 Å². The van der Waals surface area contributed by atoms with Gasteiger partial charge in [-0.1, -0.05) is 79.0 Å². The molecule has 206 valence electrons. The smallest absolute Gasteiger partial charge is 0.163 e. The van der Waals surface area contributed by atoms with Crippen LogP contribution in [0, 0.1) is 24.7 Å². The summed E-state index contributed by atoms with van der Waals surface area (Å²) >= 11 is 0. The fourth-order valence-electron chi connectivity index (χ4n) is 6.64. The zero-order chi connectivity index (χ0) is 27.7. The minimum Gasteiger partial charge on any atom is -0.300 e. The molecule has 0 spiro atoms. The van der Waals surface area contributed by atoms with Crippen molar-refractivity contribution < 1.29 is 14.4 Å². The minimum absolute atomic E-state index is 0.0419. The van der Waals surface area contributed by atoms with Gasteiger partial charge in [-0.3, -0.25) is 14.4 Å². The molecule has 1 aromatic carbocycles. The van der Waals surface area contributed by atoms with Crippen LogP contribution in [0.1, 0.15) is 151 Å². The lowest BCUT2D eigenvalue weighted by Crippen LogP contribution is -2.30. The maximum Gasteiger partial charge on any atom is 0.163 e. The highest BCUT2D eigenvalue weighted by Crippen LogP contribution is 2.42. The Kier molecular flexibility index (Phi) is 12.5. The highest BCUT2D eigenvalue weighted by Gasteiger charge is 2.35. The van der Waals surface area contributed by atoms with Gasteiger partial charge in [-0.05, 0) is 86.0 Å². The van der Waals surface area contributed by atoms with E-state index in [9.17, 15) is 14.4 Å². The monoisotopic (exact) mass is 508 g/mol. The Labute approximate surface area is 226 Å². The van der Waals surface area contributed by atoms with Crippen molar-refractivity contribution in [2.24, 2.45) is 17.8 Å². The maximum absolute atomic E-state index is 13.6. The van der Waals surface area contributed by atoms with Crippen LogP contribution in [-0.4, -0.2) is 17.3 Å². The second-order valence-electron chi connectivity index (χ2n) is 11.8. The predicted molar refractivity (Wildman–Crippen MR) is 156 cm³/mol. The third kappa shape index (κ3) is 7.98. The van der Waals surface area contributed by atoms with E-state index in [1.54, 1.807) is 0 Å². The van der Waals surface area contributed by atoms with Crippen molar-refractivity contribution in [2.75, 3.05) is 0 Å². The summed E-state index contributed by atoms with van der Waals surface area (Å²) in [5, 5.41) is 0. The van der Waals surface area contributed by atoms with E-state index >= 15 is 0 Å². The Hall–Kier alpha value is -2.03. The van der Waals surface area contributed by atoms with Crippen molar-refractivity contribution in [3.05, 3.63) is 46.0 Å². The molecule has 4 unspecified atom stereocenters. The van der Waals surface area contributed by atoms with Gasteiger partial charge in [0.1, 0.15) is 11.6 Å². The molecule has 2 aliphatic carbocycles. The third-order valence-corrected chi connectivity index (χ3v) is 8.19. The van der Waals surface area contributed by atoms with Gasteiger partial charge in [0.25, 0.3) is 0 Å². The molecule has 3 nitrogen and oxygen atoms in total. The van der Waals surface area contributed by atoms with Crippen LogP contribution >= 0.6 is 0 Å². The average Bonchev–Trinajstić information content (AvgIpc) is 3.34. The van der Waals surface area contributed by atoms with E-state index < -0.39 is 0 Å². The number of benzene rings is 1. The van der Waals surface area contributed by atoms with E-state index in [0.717, 1.165) is 50.5 Å². The summed E-state index contributed by atoms with van der Waals surface area (Å²) in [5.74, 6) is 1.56. The SMILES string of the molecule is CCC.CCCC(CC1CC(=O)c2c(C)c(C3C=CCC3)cc(C(C)C)c2C1)C(CC)C(=O)CC(C)=O. The van der Waals surface area contributed by atoms with Gasteiger partial charge >= 0.3 is 0 Å². The Morgan fingerprint density at radius 2 is 1.76 bits per heavy atom. The number of hydrogen-bond acceptors (Lipinski definition) is 3. The van der Waals surface area contributed by atoms with Gasteiger partial charge in [-0.2, -0.15) is 0 Å². The number of Topliss-reactive ketones (excluding diaryl/α,β-unsaturated/α-hetero) is 3. The van der Waals surface area contributed by atoms with Crippen molar-refractivity contribution in [1.82, 2.24) is 0 Å². The van der Waals surface area contributed by atoms with E-state index in [4.69, 9.17) is 0 Å². The molecule has 0 fully saturated rings. The Bertz CT molecular complexity index is 968. The van der Waals surface area contributed by atoms with E-state index in [1.165, 1.54) is 35.6 Å². The quantitative estimate of drug-likeness (QED) is 0.221. The molecule has 0 aromatic heterocycles. The van der Waals surface area contributed by atoms with E-state index in [2.05, 4.69) is 66.7 Å². The summed E-state index contributed by atoms with van der Waals surface area (Å²) in [4.78, 5) is 38.1. The second-order valence-corrected chi connectivity index (χ2v) is 11.8.